The zero-order chi connectivity index (χ0) is 20.7. The number of carbonyl (C=O) groups excluding carboxylic acids is 2. The molecular formula is C21H24BrN5O2. The summed E-state index contributed by atoms with van der Waals surface area (Å²) in [5.74, 6) is -0.169. The van der Waals surface area contributed by atoms with Crippen LogP contribution in [0.25, 0.3) is 10.9 Å². The fourth-order valence-corrected chi connectivity index (χ4v) is 4.02. The number of rotatable bonds is 4. The number of carbonyl (C=O) groups is 2. The predicted molar refractivity (Wildman–Crippen MR) is 116 cm³/mol. The van der Waals surface area contributed by atoms with Crippen molar-refractivity contribution >= 4 is 44.5 Å². The molecule has 29 heavy (non-hydrogen) atoms. The maximum atomic E-state index is 12.4. The molecule has 1 N–H and O–H groups in total. The van der Waals surface area contributed by atoms with Crippen molar-refractivity contribution in [1.29, 1.82) is 0 Å². The zero-order valence-corrected chi connectivity index (χ0v) is 18.4. The monoisotopic (exact) mass is 457 g/mol. The molecule has 2 aliphatic rings. The van der Waals surface area contributed by atoms with Gasteiger partial charge >= 0.3 is 0 Å². The molecule has 0 atom stereocenters. The van der Waals surface area contributed by atoms with Gasteiger partial charge in [0.15, 0.2) is 0 Å². The van der Waals surface area contributed by atoms with Gasteiger partial charge in [0.2, 0.25) is 0 Å². The zero-order valence-electron chi connectivity index (χ0n) is 16.8. The van der Waals surface area contributed by atoms with E-state index in [0.29, 0.717) is 17.0 Å². The minimum absolute atomic E-state index is 0.329. The first-order valence-corrected chi connectivity index (χ1v) is 10.5. The second-order valence-corrected chi connectivity index (χ2v) is 8.63. The van der Waals surface area contributed by atoms with Crippen molar-refractivity contribution < 1.29 is 9.59 Å². The van der Waals surface area contributed by atoms with Crippen LogP contribution in [0.3, 0.4) is 0 Å². The number of imide groups is 1. The number of anilines is 1. The summed E-state index contributed by atoms with van der Waals surface area (Å²) in [5.41, 5.74) is 5.79. The molecule has 2 aliphatic heterocycles. The van der Waals surface area contributed by atoms with Crippen molar-refractivity contribution in [2.24, 2.45) is 0 Å². The van der Waals surface area contributed by atoms with E-state index >= 15 is 0 Å². The summed E-state index contributed by atoms with van der Waals surface area (Å²) in [4.78, 5) is 34.2. The first-order chi connectivity index (χ1) is 13.8. The standard InChI is InChI=1S/C21H24BrN5O2/c1-13-14(2)21(29)27(20(13)28)24-19-10-15(12-26-8-6-25(3)7-9-26)17-5-4-16(22)11-18(17)23-19/h4-5,10-11H,6-9,12H2,1-3H3,(H,23,24). The molecule has 0 unspecified atom stereocenters. The molecule has 0 radical (unpaired) electrons. The van der Waals surface area contributed by atoms with Gasteiger partial charge in [-0.3, -0.25) is 19.9 Å². The van der Waals surface area contributed by atoms with E-state index in [2.05, 4.69) is 49.3 Å². The number of hydrogen-bond donors (Lipinski definition) is 1. The van der Waals surface area contributed by atoms with Gasteiger partial charge in [0.1, 0.15) is 5.82 Å². The van der Waals surface area contributed by atoms with Crippen molar-refractivity contribution in [2.75, 3.05) is 38.7 Å². The smallest absolute Gasteiger partial charge is 0.275 e. The van der Waals surface area contributed by atoms with Gasteiger partial charge in [0.25, 0.3) is 11.8 Å². The van der Waals surface area contributed by atoms with Crippen LogP contribution in [-0.4, -0.2) is 64.8 Å². The third kappa shape index (κ3) is 3.92. The first kappa shape index (κ1) is 20.0. The minimum atomic E-state index is -0.329. The van der Waals surface area contributed by atoms with E-state index in [-0.39, 0.29) is 11.8 Å². The fraction of sp³-hybridized carbons (Fsp3) is 0.381. The lowest BCUT2D eigenvalue weighted by molar-refractivity contribution is -0.135. The number of benzene rings is 1. The largest absolute Gasteiger partial charge is 0.304 e. The number of halogens is 1. The van der Waals surface area contributed by atoms with Crippen LogP contribution < -0.4 is 5.43 Å². The van der Waals surface area contributed by atoms with Crippen molar-refractivity contribution in [2.45, 2.75) is 20.4 Å². The van der Waals surface area contributed by atoms with Crippen LogP contribution in [0, 0.1) is 0 Å². The molecule has 1 aromatic carbocycles. The molecule has 2 aromatic rings. The van der Waals surface area contributed by atoms with Gasteiger partial charge in [-0.05, 0) is 44.7 Å². The molecule has 0 spiro atoms. The van der Waals surface area contributed by atoms with Gasteiger partial charge < -0.3 is 4.90 Å². The van der Waals surface area contributed by atoms with Crippen LogP contribution in [0.1, 0.15) is 19.4 Å². The quantitative estimate of drug-likeness (QED) is 0.711. The Hall–Kier alpha value is -2.29. The average Bonchev–Trinajstić information content (AvgIpc) is 2.87. The van der Waals surface area contributed by atoms with Crippen LogP contribution in [0.5, 0.6) is 0 Å². The van der Waals surface area contributed by atoms with Crippen LogP contribution in [-0.2, 0) is 16.1 Å². The third-order valence-electron chi connectivity index (χ3n) is 5.68. The second-order valence-electron chi connectivity index (χ2n) is 7.72. The van der Waals surface area contributed by atoms with E-state index in [4.69, 9.17) is 0 Å². The molecule has 152 valence electrons. The topological polar surface area (TPSA) is 68.8 Å². The summed E-state index contributed by atoms with van der Waals surface area (Å²) in [6.45, 7) is 8.22. The Balaban J connectivity index is 1.66. The molecule has 7 nitrogen and oxygen atoms in total. The van der Waals surface area contributed by atoms with Gasteiger partial charge in [-0.1, -0.05) is 22.0 Å². The summed E-state index contributed by atoms with van der Waals surface area (Å²) >= 11 is 3.51. The highest BCUT2D eigenvalue weighted by Crippen LogP contribution is 2.27. The van der Waals surface area contributed by atoms with Crippen LogP contribution in [0.4, 0.5) is 5.82 Å². The summed E-state index contributed by atoms with van der Waals surface area (Å²) in [6.07, 6.45) is 0. The molecule has 1 aromatic heterocycles. The number of hydrogen-bond acceptors (Lipinski definition) is 6. The molecule has 1 fully saturated rings. The summed E-state index contributed by atoms with van der Waals surface area (Å²) < 4.78 is 0.932. The Morgan fingerprint density at radius 2 is 1.69 bits per heavy atom. The number of fused-ring (bicyclic) bond motifs is 1. The molecule has 1 saturated heterocycles. The fourth-order valence-electron chi connectivity index (χ4n) is 3.67. The van der Waals surface area contributed by atoms with Crippen molar-refractivity contribution in [3.8, 4) is 0 Å². The molecule has 0 aliphatic carbocycles. The van der Waals surface area contributed by atoms with Gasteiger partial charge in [-0.25, -0.2) is 4.98 Å². The van der Waals surface area contributed by atoms with Gasteiger partial charge in [-0.2, -0.15) is 5.01 Å². The van der Waals surface area contributed by atoms with E-state index in [0.717, 1.165) is 58.7 Å². The lowest BCUT2D eigenvalue weighted by Crippen LogP contribution is -2.43. The average molecular weight is 458 g/mol. The van der Waals surface area contributed by atoms with Gasteiger partial charge in [0.05, 0.1) is 5.52 Å². The SMILES string of the molecule is CC1=C(C)C(=O)N(Nc2cc(CN3CCN(C)CC3)c3ccc(Br)cc3n2)C1=O. The number of piperazine rings is 1. The second kappa shape index (κ2) is 7.85. The number of nitrogens with one attached hydrogen (secondary N) is 1. The molecule has 3 heterocycles. The molecule has 2 amide bonds. The Morgan fingerprint density at radius 1 is 1.03 bits per heavy atom. The maximum Gasteiger partial charge on any atom is 0.275 e. The molecule has 0 bridgehead atoms. The van der Waals surface area contributed by atoms with E-state index in [1.165, 1.54) is 0 Å². The van der Waals surface area contributed by atoms with Gasteiger partial charge in [-0.15, -0.1) is 0 Å². The number of pyridine rings is 1. The lowest BCUT2D eigenvalue weighted by Gasteiger charge is -2.32. The highest BCUT2D eigenvalue weighted by atomic mass is 79.9. The molecule has 4 rings (SSSR count). The van der Waals surface area contributed by atoms with Crippen molar-refractivity contribution in [3.05, 3.63) is 45.4 Å². The minimum Gasteiger partial charge on any atom is -0.304 e. The van der Waals surface area contributed by atoms with Crippen LogP contribution >= 0.6 is 15.9 Å². The van der Waals surface area contributed by atoms with E-state index < -0.39 is 0 Å². The van der Waals surface area contributed by atoms with E-state index in [1.54, 1.807) is 13.8 Å². The molecule has 0 saturated carbocycles. The number of hydrazine groups is 1. The Morgan fingerprint density at radius 3 is 2.34 bits per heavy atom. The highest BCUT2D eigenvalue weighted by molar-refractivity contribution is 9.10. The summed E-state index contributed by atoms with van der Waals surface area (Å²) in [5, 5.41) is 2.12. The molecule has 8 heteroatoms. The number of amides is 2. The number of nitrogens with zero attached hydrogens (tertiary/aromatic N) is 4. The Labute approximate surface area is 178 Å². The maximum absolute atomic E-state index is 12.4. The van der Waals surface area contributed by atoms with Crippen molar-refractivity contribution in [3.63, 3.8) is 0 Å². The Bertz CT molecular complexity index is 1000. The van der Waals surface area contributed by atoms with Gasteiger partial charge in [0, 0.05) is 53.7 Å². The van der Waals surface area contributed by atoms with E-state index in [1.807, 2.05) is 18.2 Å². The number of aromatic nitrogens is 1. The van der Waals surface area contributed by atoms with E-state index in [9.17, 15) is 9.59 Å². The molecular weight excluding hydrogens is 434 g/mol. The lowest BCUT2D eigenvalue weighted by atomic mass is 10.1. The first-order valence-electron chi connectivity index (χ1n) is 9.66. The Kier molecular flexibility index (Phi) is 5.42. The third-order valence-corrected chi connectivity index (χ3v) is 6.18. The number of likely N-dealkylation sites (N-methyl/N-ethyl adjacent to an activating group) is 1. The predicted octanol–water partition coefficient (Wildman–Crippen LogP) is 2.78. The van der Waals surface area contributed by atoms with Crippen LogP contribution in [0.2, 0.25) is 0 Å². The highest BCUT2D eigenvalue weighted by Gasteiger charge is 2.34. The normalized spacial score (nSPS) is 19.0. The van der Waals surface area contributed by atoms with Crippen molar-refractivity contribution in [1.82, 2.24) is 19.8 Å². The van der Waals surface area contributed by atoms with Crippen LogP contribution in [0.15, 0.2) is 39.9 Å². The summed E-state index contributed by atoms with van der Waals surface area (Å²) in [7, 11) is 2.14. The summed E-state index contributed by atoms with van der Waals surface area (Å²) in [6, 6.07) is 7.97.